The van der Waals surface area contributed by atoms with Crippen molar-refractivity contribution in [3.8, 4) is 6.07 Å². The first-order valence-corrected chi connectivity index (χ1v) is 7.75. The van der Waals surface area contributed by atoms with Crippen LogP contribution in [-0.2, 0) is 0 Å². The first-order chi connectivity index (χ1) is 11.6. The molecule has 3 rings (SSSR count). The lowest BCUT2D eigenvalue weighted by Crippen LogP contribution is -2.49. The fourth-order valence-corrected chi connectivity index (χ4v) is 2.77. The summed E-state index contributed by atoms with van der Waals surface area (Å²) in [6.45, 7) is 3.87. The first-order valence-electron chi connectivity index (χ1n) is 7.75. The van der Waals surface area contributed by atoms with Gasteiger partial charge in [0.05, 0.1) is 5.56 Å². The van der Waals surface area contributed by atoms with Crippen LogP contribution >= 0.6 is 0 Å². The molecule has 0 atom stereocenters. The molecular weight excluding hydrogens is 307 g/mol. The highest BCUT2D eigenvalue weighted by atomic mass is 19.1. The normalized spacial score (nSPS) is 14.4. The monoisotopic (exact) mass is 324 g/mol. The van der Waals surface area contributed by atoms with E-state index in [0.29, 0.717) is 48.7 Å². The summed E-state index contributed by atoms with van der Waals surface area (Å²) in [7, 11) is 0. The number of benzene rings is 1. The molecule has 0 radical (unpaired) electrons. The molecule has 1 aliphatic heterocycles. The van der Waals surface area contributed by atoms with Gasteiger partial charge in [-0.05, 0) is 36.8 Å². The third-order valence-electron chi connectivity index (χ3n) is 4.19. The van der Waals surface area contributed by atoms with E-state index in [-0.39, 0.29) is 11.7 Å². The van der Waals surface area contributed by atoms with E-state index in [9.17, 15) is 9.18 Å². The van der Waals surface area contributed by atoms with Gasteiger partial charge in [0, 0.05) is 37.9 Å². The van der Waals surface area contributed by atoms with Crippen LogP contribution < -0.4 is 4.90 Å². The minimum Gasteiger partial charge on any atom is -0.352 e. The molecule has 0 aliphatic carbocycles. The Balaban J connectivity index is 1.69. The number of aryl methyl sites for hydroxylation is 1. The zero-order chi connectivity index (χ0) is 17.1. The van der Waals surface area contributed by atoms with E-state index in [1.807, 2.05) is 4.90 Å². The number of nitrogens with zero attached hydrogens (tertiary/aromatic N) is 4. The highest BCUT2D eigenvalue weighted by molar-refractivity contribution is 5.94. The second-order valence-electron chi connectivity index (χ2n) is 5.73. The van der Waals surface area contributed by atoms with E-state index in [2.05, 4.69) is 11.1 Å². The van der Waals surface area contributed by atoms with Crippen molar-refractivity contribution in [1.82, 2.24) is 9.88 Å². The smallest absolute Gasteiger partial charge is 0.254 e. The van der Waals surface area contributed by atoms with E-state index < -0.39 is 0 Å². The summed E-state index contributed by atoms with van der Waals surface area (Å²) in [5.41, 5.74) is 1.41. The second-order valence-corrected chi connectivity index (χ2v) is 5.73. The Labute approximate surface area is 139 Å². The fraction of sp³-hybridized carbons (Fsp3) is 0.278. The molecule has 24 heavy (non-hydrogen) atoms. The van der Waals surface area contributed by atoms with Crippen LogP contribution in [0.1, 0.15) is 21.5 Å². The fourth-order valence-electron chi connectivity index (χ4n) is 2.77. The Morgan fingerprint density at radius 2 is 2.00 bits per heavy atom. The van der Waals surface area contributed by atoms with Crippen molar-refractivity contribution in [2.45, 2.75) is 6.92 Å². The molecule has 0 saturated carbocycles. The molecule has 1 saturated heterocycles. The van der Waals surface area contributed by atoms with Gasteiger partial charge >= 0.3 is 0 Å². The quantitative estimate of drug-likeness (QED) is 0.851. The van der Waals surface area contributed by atoms with Crippen LogP contribution in [0, 0.1) is 24.1 Å². The number of carbonyl (C=O) groups excluding carboxylic acids is 1. The van der Waals surface area contributed by atoms with Gasteiger partial charge in [-0.25, -0.2) is 9.37 Å². The summed E-state index contributed by atoms with van der Waals surface area (Å²) in [5.74, 6) is 0.107. The highest BCUT2D eigenvalue weighted by Crippen LogP contribution is 2.19. The molecule has 1 amide bonds. The van der Waals surface area contributed by atoms with Gasteiger partial charge in [-0.15, -0.1) is 0 Å². The van der Waals surface area contributed by atoms with Crippen LogP contribution in [0.5, 0.6) is 0 Å². The molecule has 2 heterocycles. The van der Waals surface area contributed by atoms with Crippen LogP contribution in [0.4, 0.5) is 10.2 Å². The number of aromatic nitrogens is 1. The molecule has 1 aromatic heterocycles. The topological polar surface area (TPSA) is 60.2 Å². The Bertz CT molecular complexity index is 807. The van der Waals surface area contributed by atoms with E-state index in [1.165, 1.54) is 6.07 Å². The third-order valence-corrected chi connectivity index (χ3v) is 4.19. The Morgan fingerprint density at radius 1 is 1.25 bits per heavy atom. The minimum atomic E-state index is -0.369. The average molecular weight is 324 g/mol. The summed E-state index contributed by atoms with van der Waals surface area (Å²) in [6.07, 6.45) is 1.66. The molecule has 0 N–H and O–H groups in total. The molecular formula is C18H17FN4O. The molecule has 0 bridgehead atoms. The Hall–Kier alpha value is -2.94. The number of hydrogen-bond donors (Lipinski definition) is 0. The molecule has 0 unspecified atom stereocenters. The van der Waals surface area contributed by atoms with Gasteiger partial charge in [0.15, 0.2) is 0 Å². The van der Waals surface area contributed by atoms with E-state index in [1.54, 1.807) is 42.3 Å². The maximum atomic E-state index is 13.7. The standard InChI is InChI=1S/C18H17FN4O/c1-13-4-5-14(11-16(13)19)18(24)23-9-7-22(8-10-23)17-15(12-20)3-2-6-21-17/h2-6,11H,7-10H2,1H3. The van der Waals surface area contributed by atoms with E-state index >= 15 is 0 Å². The van der Waals surface area contributed by atoms with Crippen molar-refractivity contribution < 1.29 is 9.18 Å². The van der Waals surface area contributed by atoms with Crippen molar-refractivity contribution in [3.05, 3.63) is 59.0 Å². The summed E-state index contributed by atoms with van der Waals surface area (Å²) < 4.78 is 13.7. The predicted octanol–water partition coefficient (Wildman–Crippen LogP) is 2.36. The number of anilines is 1. The number of amides is 1. The average Bonchev–Trinajstić information content (AvgIpc) is 2.63. The summed E-state index contributed by atoms with van der Waals surface area (Å²) in [5, 5.41) is 9.17. The van der Waals surface area contributed by atoms with Gasteiger partial charge in [-0.1, -0.05) is 6.07 Å². The van der Waals surface area contributed by atoms with Gasteiger partial charge < -0.3 is 9.80 Å². The number of hydrogen-bond acceptors (Lipinski definition) is 4. The zero-order valence-corrected chi connectivity index (χ0v) is 13.4. The largest absolute Gasteiger partial charge is 0.352 e. The summed E-state index contributed by atoms with van der Waals surface area (Å²) in [4.78, 5) is 20.5. The van der Waals surface area contributed by atoms with Crippen LogP contribution in [-0.4, -0.2) is 42.0 Å². The maximum absolute atomic E-state index is 13.7. The van der Waals surface area contributed by atoms with Crippen molar-refractivity contribution in [1.29, 1.82) is 5.26 Å². The van der Waals surface area contributed by atoms with Crippen LogP contribution in [0.3, 0.4) is 0 Å². The minimum absolute atomic E-state index is 0.171. The van der Waals surface area contributed by atoms with Gasteiger partial charge in [-0.2, -0.15) is 5.26 Å². The molecule has 1 fully saturated rings. The van der Waals surface area contributed by atoms with Gasteiger partial charge in [0.1, 0.15) is 17.7 Å². The SMILES string of the molecule is Cc1ccc(C(=O)N2CCN(c3ncccc3C#N)CC2)cc1F. The lowest BCUT2D eigenvalue weighted by Gasteiger charge is -2.35. The van der Waals surface area contributed by atoms with Crippen molar-refractivity contribution >= 4 is 11.7 Å². The molecule has 6 heteroatoms. The third kappa shape index (κ3) is 3.06. The van der Waals surface area contributed by atoms with Crippen molar-refractivity contribution in [2.75, 3.05) is 31.1 Å². The van der Waals surface area contributed by atoms with Gasteiger partial charge in [0.2, 0.25) is 0 Å². The highest BCUT2D eigenvalue weighted by Gasteiger charge is 2.24. The maximum Gasteiger partial charge on any atom is 0.254 e. The predicted molar refractivity (Wildman–Crippen MR) is 88.2 cm³/mol. The van der Waals surface area contributed by atoms with Crippen molar-refractivity contribution in [3.63, 3.8) is 0 Å². The molecule has 122 valence electrons. The first kappa shape index (κ1) is 15.9. The second kappa shape index (κ2) is 6.67. The van der Waals surface area contributed by atoms with Crippen LogP contribution in [0.25, 0.3) is 0 Å². The van der Waals surface area contributed by atoms with Gasteiger partial charge in [0.25, 0.3) is 5.91 Å². The zero-order valence-electron chi connectivity index (χ0n) is 13.4. The van der Waals surface area contributed by atoms with E-state index in [0.717, 1.165) is 0 Å². The van der Waals surface area contributed by atoms with E-state index in [4.69, 9.17) is 5.26 Å². The van der Waals surface area contributed by atoms with Crippen LogP contribution in [0.2, 0.25) is 0 Å². The Kier molecular flexibility index (Phi) is 4.43. The van der Waals surface area contributed by atoms with Crippen LogP contribution in [0.15, 0.2) is 36.5 Å². The molecule has 1 aromatic carbocycles. The Morgan fingerprint density at radius 3 is 2.67 bits per heavy atom. The number of carbonyl (C=O) groups is 1. The lowest BCUT2D eigenvalue weighted by molar-refractivity contribution is 0.0746. The van der Waals surface area contributed by atoms with Gasteiger partial charge in [-0.3, -0.25) is 4.79 Å². The molecule has 5 nitrogen and oxygen atoms in total. The lowest BCUT2D eigenvalue weighted by atomic mass is 10.1. The summed E-state index contributed by atoms with van der Waals surface area (Å²) >= 11 is 0. The number of piperazine rings is 1. The molecule has 0 spiro atoms. The number of pyridine rings is 1. The number of halogens is 1. The van der Waals surface area contributed by atoms with Crippen molar-refractivity contribution in [2.24, 2.45) is 0 Å². The molecule has 2 aromatic rings. The number of rotatable bonds is 2. The summed E-state index contributed by atoms with van der Waals surface area (Å²) in [6, 6.07) is 10.2. The molecule has 1 aliphatic rings. The number of nitriles is 1.